The van der Waals surface area contributed by atoms with Crippen LogP contribution in [0.25, 0.3) is 11.0 Å². The zero-order chi connectivity index (χ0) is 19.8. The maximum Gasteiger partial charge on any atom is 0.255 e. The second kappa shape index (κ2) is 7.62. The Labute approximate surface area is 171 Å². The molecule has 1 saturated heterocycles. The van der Waals surface area contributed by atoms with Gasteiger partial charge in [0.25, 0.3) is 5.91 Å². The molecule has 2 aliphatic rings. The van der Waals surface area contributed by atoms with Crippen LogP contribution in [0.1, 0.15) is 79.0 Å². The number of likely N-dealkylation sites (tertiary alicyclic amines) is 1. The van der Waals surface area contributed by atoms with Crippen molar-refractivity contribution in [3.05, 3.63) is 59.4 Å². The van der Waals surface area contributed by atoms with Gasteiger partial charge in [-0.2, -0.15) is 5.10 Å². The van der Waals surface area contributed by atoms with Crippen LogP contribution < -0.4 is 0 Å². The maximum absolute atomic E-state index is 13.8. The molecule has 1 atom stereocenters. The number of amides is 1. The van der Waals surface area contributed by atoms with E-state index in [9.17, 15) is 4.79 Å². The summed E-state index contributed by atoms with van der Waals surface area (Å²) in [5.74, 6) is 0.631. The van der Waals surface area contributed by atoms with Gasteiger partial charge in [-0.3, -0.25) is 4.79 Å². The van der Waals surface area contributed by atoms with Gasteiger partial charge in [0, 0.05) is 24.7 Å². The van der Waals surface area contributed by atoms with Crippen molar-refractivity contribution < 1.29 is 4.79 Å². The number of carbonyl (C=O) groups is 1. The molecule has 3 heterocycles. The minimum atomic E-state index is 0.129. The van der Waals surface area contributed by atoms with E-state index in [0.29, 0.717) is 5.92 Å². The minimum absolute atomic E-state index is 0.129. The molecule has 5 rings (SSSR count). The second-order valence-electron chi connectivity index (χ2n) is 8.39. The number of hydrogen-bond donors (Lipinski definition) is 0. The van der Waals surface area contributed by atoms with Gasteiger partial charge in [0.15, 0.2) is 5.65 Å². The molecule has 0 radical (unpaired) electrons. The molecule has 0 bridgehead atoms. The number of fused-ring (bicyclic) bond motifs is 1. The van der Waals surface area contributed by atoms with Crippen LogP contribution in [0.15, 0.2) is 42.6 Å². The van der Waals surface area contributed by atoms with Gasteiger partial charge in [0.1, 0.15) is 0 Å². The molecule has 0 spiro atoms. The number of rotatable bonds is 5. The molecule has 5 heteroatoms. The average molecular weight is 389 g/mol. The minimum Gasteiger partial charge on any atom is -0.332 e. The molecule has 5 nitrogen and oxygen atoms in total. The Morgan fingerprint density at radius 3 is 2.72 bits per heavy atom. The van der Waals surface area contributed by atoms with Crippen molar-refractivity contribution in [2.45, 2.75) is 64.0 Å². The van der Waals surface area contributed by atoms with E-state index in [1.807, 2.05) is 16.9 Å². The lowest BCUT2D eigenvalue weighted by Gasteiger charge is -2.36. The molecule has 2 fully saturated rings. The summed E-state index contributed by atoms with van der Waals surface area (Å²) in [6.07, 6.45) is 8.43. The first-order chi connectivity index (χ1) is 14.3. The summed E-state index contributed by atoms with van der Waals surface area (Å²) in [4.78, 5) is 20.8. The van der Waals surface area contributed by atoms with Crippen molar-refractivity contribution in [3.8, 4) is 0 Å². The van der Waals surface area contributed by atoms with E-state index in [4.69, 9.17) is 4.98 Å². The highest BCUT2D eigenvalue weighted by Gasteiger charge is 2.32. The summed E-state index contributed by atoms with van der Waals surface area (Å²) >= 11 is 0. The predicted octanol–water partition coefficient (Wildman–Crippen LogP) is 5.09. The molecule has 1 aromatic carbocycles. The van der Waals surface area contributed by atoms with Crippen LogP contribution in [0.2, 0.25) is 0 Å². The van der Waals surface area contributed by atoms with Crippen LogP contribution in [0.4, 0.5) is 0 Å². The average Bonchev–Trinajstić information content (AvgIpc) is 3.55. The van der Waals surface area contributed by atoms with Gasteiger partial charge >= 0.3 is 0 Å². The highest BCUT2D eigenvalue weighted by Crippen LogP contribution is 2.41. The van der Waals surface area contributed by atoms with Crippen LogP contribution in [-0.4, -0.2) is 32.1 Å². The van der Waals surface area contributed by atoms with Crippen molar-refractivity contribution in [2.24, 2.45) is 0 Å². The van der Waals surface area contributed by atoms with Gasteiger partial charge in [0.05, 0.1) is 23.2 Å². The first-order valence-electron chi connectivity index (χ1n) is 11.0. The van der Waals surface area contributed by atoms with E-state index < -0.39 is 0 Å². The van der Waals surface area contributed by atoms with Crippen LogP contribution in [0.3, 0.4) is 0 Å². The summed E-state index contributed by atoms with van der Waals surface area (Å²) in [7, 11) is 0. The molecular formula is C24H28N4O. The molecule has 29 heavy (non-hydrogen) atoms. The van der Waals surface area contributed by atoms with Crippen molar-refractivity contribution >= 4 is 16.9 Å². The molecule has 2 aromatic heterocycles. The molecule has 150 valence electrons. The number of carbonyl (C=O) groups excluding carboxylic acids is 1. The van der Waals surface area contributed by atoms with E-state index in [2.05, 4.69) is 47.3 Å². The topological polar surface area (TPSA) is 51.0 Å². The second-order valence-corrected chi connectivity index (χ2v) is 8.39. The fourth-order valence-corrected chi connectivity index (χ4v) is 4.56. The maximum atomic E-state index is 13.8. The monoisotopic (exact) mass is 388 g/mol. The number of pyridine rings is 1. The van der Waals surface area contributed by atoms with Gasteiger partial charge in [0.2, 0.25) is 0 Å². The molecular weight excluding hydrogens is 360 g/mol. The summed E-state index contributed by atoms with van der Waals surface area (Å²) < 4.78 is 1.96. The molecule has 1 amide bonds. The highest BCUT2D eigenvalue weighted by atomic mass is 16.2. The van der Waals surface area contributed by atoms with Gasteiger partial charge < -0.3 is 4.90 Å². The standard InChI is InChI=1S/C24H28N4O/c1-2-13-28-23-20(16-25-28)19(15-21(26-23)17-11-12-17)24(29)27-14-7-6-10-22(27)18-8-4-3-5-9-18/h3-5,8-9,15-17,22H,2,6-7,10-14H2,1H3. The Hall–Kier alpha value is -2.69. The lowest BCUT2D eigenvalue weighted by molar-refractivity contribution is 0.0613. The van der Waals surface area contributed by atoms with Crippen LogP contribution >= 0.6 is 0 Å². The van der Waals surface area contributed by atoms with Gasteiger partial charge in [-0.15, -0.1) is 0 Å². The number of aryl methyl sites for hydroxylation is 1. The molecule has 0 N–H and O–H groups in total. The Balaban J connectivity index is 1.57. The van der Waals surface area contributed by atoms with Gasteiger partial charge in [-0.25, -0.2) is 9.67 Å². The van der Waals surface area contributed by atoms with E-state index in [0.717, 1.165) is 61.1 Å². The number of hydrogen-bond acceptors (Lipinski definition) is 3. The zero-order valence-corrected chi connectivity index (χ0v) is 17.1. The third-order valence-corrected chi connectivity index (χ3v) is 6.24. The zero-order valence-electron chi connectivity index (χ0n) is 17.1. The fraction of sp³-hybridized carbons (Fsp3) is 0.458. The predicted molar refractivity (Wildman–Crippen MR) is 114 cm³/mol. The molecule has 1 aliphatic carbocycles. The highest BCUT2D eigenvalue weighted by molar-refractivity contribution is 6.05. The van der Waals surface area contributed by atoms with E-state index in [1.165, 1.54) is 18.4 Å². The summed E-state index contributed by atoms with van der Waals surface area (Å²) in [5.41, 5.74) is 3.94. The quantitative estimate of drug-likeness (QED) is 0.612. The molecule has 3 aromatic rings. The van der Waals surface area contributed by atoms with E-state index >= 15 is 0 Å². The number of aromatic nitrogens is 3. The largest absolute Gasteiger partial charge is 0.332 e. The summed E-state index contributed by atoms with van der Waals surface area (Å²) in [6.45, 7) is 3.78. The SMILES string of the molecule is CCCn1ncc2c(C(=O)N3CCCCC3c3ccccc3)cc(C3CC3)nc21. The Morgan fingerprint density at radius 2 is 1.97 bits per heavy atom. The third kappa shape index (κ3) is 3.43. The Kier molecular flexibility index (Phi) is 4.82. The van der Waals surface area contributed by atoms with E-state index in [-0.39, 0.29) is 11.9 Å². The smallest absolute Gasteiger partial charge is 0.255 e. The molecule has 1 aliphatic heterocycles. The van der Waals surface area contributed by atoms with Gasteiger partial charge in [-0.05, 0) is 50.2 Å². The number of nitrogens with zero attached hydrogens (tertiary/aromatic N) is 4. The van der Waals surface area contributed by atoms with Crippen LogP contribution in [0.5, 0.6) is 0 Å². The first kappa shape index (κ1) is 18.3. The first-order valence-corrected chi connectivity index (χ1v) is 11.0. The normalized spacial score (nSPS) is 19.6. The third-order valence-electron chi connectivity index (χ3n) is 6.24. The van der Waals surface area contributed by atoms with Crippen LogP contribution in [0, 0.1) is 0 Å². The van der Waals surface area contributed by atoms with Gasteiger partial charge in [-0.1, -0.05) is 37.3 Å². The van der Waals surface area contributed by atoms with Crippen molar-refractivity contribution in [1.29, 1.82) is 0 Å². The summed E-state index contributed by atoms with van der Waals surface area (Å²) in [5, 5.41) is 5.45. The fourth-order valence-electron chi connectivity index (χ4n) is 4.56. The number of piperidine rings is 1. The van der Waals surface area contributed by atoms with Crippen molar-refractivity contribution in [3.63, 3.8) is 0 Å². The lowest BCUT2D eigenvalue weighted by Crippen LogP contribution is -2.38. The number of benzene rings is 1. The van der Waals surface area contributed by atoms with Crippen molar-refractivity contribution in [1.82, 2.24) is 19.7 Å². The molecule has 1 saturated carbocycles. The summed E-state index contributed by atoms with van der Waals surface area (Å²) in [6, 6.07) is 12.7. The Bertz CT molecular complexity index is 1020. The Morgan fingerprint density at radius 1 is 1.14 bits per heavy atom. The lowest BCUT2D eigenvalue weighted by atomic mass is 9.94. The van der Waals surface area contributed by atoms with E-state index in [1.54, 1.807) is 0 Å². The molecule has 1 unspecified atom stereocenters. The van der Waals surface area contributed by atoms with Crippen LogP contribution in [-0.2, 0) is 6.54 Å². The van der Waals surface area contributed by atoms with Crippen molar-refractivity contribution in [2.75, 3.05) is 6.54 Å².